The van der Waals surface area contributed by atoms with Gasteiger partial charge >= 0.3 is 5.97 Å². The second-order valence-electron chi connectivity index (χ2n) is 3.24. The van der Waals surface area contributed by atoms with Crippen LogP contribution in [0.4, 0.5) is 0 Å². The van der Waals surface area contributed by atoms with Crippen LogP contribution in [0.2, 0.25) is 0 Å². The Bertz CT molecular complexity index is 367. The van der Waals surface area contributed by atoms with Gasteiger partial charge in [-0.1, -0.05) is 13.8 Å². The highest BCUT2D eigenvalue weighted by molar-refractivity contribution is 6.08. The van der Waals surface area contributed by atoms with Crippen LogP contribution in [0.25, 0.3) is 5.70 Å². The first-order chi connectivity index (χ1) is 6.52. The van der Waals surface area contributed by atoms with Gasteiger partial charge in [0.05, 0.1) is 0 Å². The van der Waals surface area contributed by atoms with E-state index in [2.05, 4.69) is 15.5 Å². The van der Waals surface area contributed by atoms with E-state index in [1.54, 1.807) is 13.0 Å². The summed E-state index contributed by atoms with van der Waals surface area (Å²) in [6, 6.07) is 0. The highest BCUT2D eigenvalue weighted by Crippen LogP contribution is 2.08. The first kappa shape index (κ1) is 10.4. The largest absolute Gasteiger partial charge is 0.477 e. The van der Waals surface area contributed by atoms with Crippen molar-refractivity contribution in [1.82, 2.24) is 20.2 Å². The topological polar surface area (TPSA) is 80.9 Å². The summed E-state index contributed by atoms with van der Waals surface area (Å²) >= 11 is 0. The number of hydrogen-bond acceptors (Lipinski definition) is 4. The number of carbonyl (C=O) groups is 1. The molecule has 0 fully saturated rings. The molecule has 0 aromatic carbocycles. The molecule has 0 unspecified atom stereocenters. The first-order valence-electron chi connectivity index (χ1n) is 4.23. The monoisotopic (exact) mass is 196 g/mol. The van der Waals surface area contributed by atoms with E-state index in [1.165, 1.54) is 4.68 Å². The third-order valence-corrected chi connectivity index (χ3v) is 1.56. The number of tetrazole rings is 1. The van der Waals surface area contributed by atoms with E-state index in [0.29, 0.717) is 5.82 Å². The lowest BCUT2D eigenvalue weighted by Gasteiger charge is -2.03. The lowest BCUT2D eigenvalue weighted by molar-refractivity contribution is -0.130. The second-order valence-corrected chi connectivity index (χ2v) is 3.24. The maximum absolute atomic E-state index is 10.9. The van der Waals surface area contributed by atoms with E-state index in [-0.39, 0.29) is 11.6 Å². The lowest BCUT2D eigenvalue weighted by atomic mass is 10.2. The third-order valence-electron chi connectivity index (χ3n) is 1.56. The number of carboxylic acid groups (broad SMARTS) is 1. The lowest BCUT2D eigenvalue weighted by Crippen LogP contribution is -2.12. The van der Waals surface area contributed by atoms with Crippen molar-refractivity contribution in [2.75, 3.05) is 0 Å². The maximum Gasteiger partial charge on any atom is 0.354 e. The zero-order chi connectivity index (χ0) is 10.7. The maximum atomic E-state index is 10.9. The average molecular weight is 196 g/mol. The number of aliphatic carboxylic acids is 1. The van der Waals surface area contributed by atoms with Crippen molar-refractivity contribution < 1.29 is 9.90 Å². The number of aryl methyl sites for hydroxylation is 1. The van der Waals surface area contributed by atoms with Gasteiger partial charge < -0.3 is 5.11 Å². The predicted octanol–water partition coefficient (Wildman–Crippen LogP) is 0.563. The van der Waals surface area contributed by atoms with Gasteiger partial charge in [-0.05, 0) is 29.3 Å². The SMILES string of the molecule is Cc1nnnn1/C(=C\C(C)C)C(=O)O. The smallest absolute Gasteiger partial charge is 0.354 e. The van der Waals surface area contributed by atoms with Crippen LogP contribution in [0.3, 0.4) is 0 Å². The van der Waals surface area contributed by atoms with Crippen LogP contribution in [0.15, 0.2) is 6.08 Å². The molecule has 0 saturated carbocycles. The van der Waals surface area contributed by atoms with Gasteiger partial charge in [-0.3, -0.25) is 0 Å². The first-order valence-corrected chi connectivity index (χ1v) is 4.23. The molecule has 76 valence electrons. The van der Waals surface area contributed by atoms with E-state index in [9.17, 15) is 4.79 Å². The molecular weight excluding hydrogens is 184 g/mol. The third kappa shape index (κ3) is 2.15. The molecule has 0 aliphatic heterocycles. The molecule has 6 nitrogen and oxygen atoms in total. The Kier molecular flexibility index (Phi) is 2.95. The van der Waals surface area contributed by atoms with Crippen molar-refractivity contribution in [1.29, 1.82) is 0 Å². The zero-order valence-electron chi connectivity index (χ0n) is 8.30. The van der Waals surface area contributed by atoms with Gasteiger partial charge in [0.15, 0.2) is 5.82 Å². The van der Waals surface area contributed by atoms with E-state index in [4.69, 9.17) is 5.11 Å². The number of aromatic nitrogens is 4. The Morgan fingerprint density at radius 2 is 2.21 bits per heavy atom. The Hall–Kier alpha value is -1.72. The van der Waals surface area contributed by atoms with Crippen LogP contribution in [-0.4, -0.2) is 31.3 Å². The minimum absolute atomic E-state index is 0.0856. The van der Waals surface area contributed by atoms with Crippen molar-refractivity contribution in [3.63, 3.8) is 0 Å². The normalized spacial score (nSPS) is 12.1. The van der Waals surface area contributed by atoms with E-state index < -0.39 is 5.97 Å². The summed E-state index contributed by atoms with van der Waals surface area (Å²) in [4.78, 5) is 10.9. The van der Waals surface area contributed by atoms with Crippen molar-refractivity contribution >= 4 is 11.7 Å². The van der Waals surface area contributed by atoms with E-state index in [1.807, 2.05) is 13.8 Å². The van der Waals surface area contributed by atoms with Gasteiger partial charge in [0.1, 0.15) is 5.70 Å². The van der Waals surface area contributed by atoms with Crippen LogP contribution >= 0.6 is 0 Å². The molecule has 0 saturated heterocycles. The summed E-state index contributed by atoms with van der Waals surface area (Å²) in [5, 5.41) is 19.5. The van der Waals surface area contributed by atoms with Crippen molar-refractivity contribution in [3.8, 4) is 0 Å². The highest BCUT2D eigenvalue weighted by Gasteiger charge is 2.14. The van der Waals surface area contributed by atoms with Gasteiger partial charge in [-0.15, -0.1) is 5.10 Å². The Balaban J connectivity index is 3.14. The summed E-state index contributed by atoms with van der Waals surface area (Å²) in [5.41, 5.74) is 0.0856. The minimum atomic E-state index is -1.03. The molecule has 1 heterocycles. The fourth-order valence-electron chi connectivity index (χ4n) is 1.00. The van der Waals surface area contributed by atoms with Crippen LogP contribution in [0.5, 0.6) is 0 Å². The Labute approximate surface area is 81.2 Å². The molecule has 1 aromatic heterocycles. The van der Waals surface area contributed by atoms with E-state index in [0.717, 1.165) is 0 Å². The average Bonchev–Trinajstić information content (AvgIpc) is 2.46. The van der Waals surface area contributed by atoms with Gasteiger partial charge in [0.25, 0.3) is 0 Å². The minimum Gasteiger partial charge on any atom is -0.477 e. The molecule has 0 aliphatic rings. The molecule has 14 heavy (non-hydrogen) atoms. The van der Waals surface area contributed by atoms with Crippen LogP contribution in [0.1, 0.15) is 19.7 Å². The second kappa shape index (κ2) is 3.99. The molecule has 0 bridgehead atoms. The summed E-state index contributed by atoms with van der Waals surface area (Å²) < 4.78 is 1.21. The molecule has 0 spiro atoms. The van der Waals surface area contributed by atoms with Gasteiger partial charge in [0.2, 0.25) is 0 Å². The summed E-state index contributed by atoms with van der Waals surface area (Å²) in [6.07, 6.45) is 1.60. The summed E-state index contributed by atoms with van der Waals surface area (Å²) in [7, 11) is 0. The molecular formula is C8H12N4O2. The molecule has 0 amide bonds. The number of nitrogens with zero attached hydrogens (tertiary/aromatic N) is 4. The number of allylic oxidation sites excluding steroid dienone is 1. The Morgan fingerprint density at radius 3 is 2.57 bits per heavy atom. The van der Waals surface area contributed by atoms with Crippen LogP contribution < -0.4 is 0 Å². The highest BCUT2D eigenvalue weighted by atomic mass is 16.4. The standard InChI is InChI=1S/C8H12N4O2/c1-5(2)4-7(8(13)14)12-6(3)9-10-11-12/h4-5H,1-3H3,(H,13,14)/b7-4-. The van der Waals surface area contributed by atoms with Gasteiger partial charge in [-0.2, -0.15) is 4.68 Å². The Morgan fingerprint density at radius 1 is 1.57 bits per heavy atom. The molecule has 6 heteroatoms. The van der Waals surface area contributed by atoms with Crippen LogP contribution in [-0.2, 0) is 4.79 Å². The molecule has 0 aliphatic carbocycles. The summed E-state index contributed by atoms with van der Waals surface area (Å²) in [6.45, 7) is 5.43. The molecule has 1 aromatic rings. The van der Waals surface area contributed by atoms with Crippen LogP contribution in [0, 0.1) is 12.8 Å². The molecule has 1 N–H and O–H groups in total. The number of hydrogen-bond donors (Lipinski definition) is 1. The van der Waals surface area contributed by atoms with Crippen molar-refractivity contribution in [2.45, 2.75) is 20.8 Å². The fourth-order valence-corrected chi connectivity index (χ4v) is 1.00. The van der Waals surface area contributed by atoms with Crippen molar-refractivity contribution in [3.05, 3.63) is 11.9 Å². The fraction of sp³-hybridized carbons (Fsp3) is 0.500. The molecule has 0 atom stereocenters. The predicted molar refractivity (Wildman–Crippen MR) is 49.3 cm³/mol. The van der Waals surface area contributed by atoms with Gasteiger partial charge in [-0.25, -0.2) is 4.79 Å². The molecule has 1 rings (SSSR count). The van der Waals surface area contributed by atoms with E-state index >= 15 is 0 Å². The number of rotatable bonds is 3. The zero-order valence-corrected chi connectivity index (χ0v) is 8.30. The van der Waals surface area contributed by atoms with Crippen molar-refractivity contribution in [2.24, 2.45) is 5.92 Å². The molecule has 0 radical (unpaired) electrons. The summed E-state index contributed by atoms with van der Waals surface area (Å²) in [5.74, 6) is -0.446. The quantitative estimate of drug-likeness (QED) is 0.714. The number of carboxylic acids is 1. The van der Waals surface area contributed by atoms with Gasteiger partial charge in [0, 0.05) is 0 Å².